The molecule has 0 saturated heterocycles. The van der Waals surface area contributed by atoms with Crippen LogP contribution < -0.4 is 0 Å². The minimum atomic E-state index is 0.371. The van der Waals surface area contributed by atoms with Crippen molar-refractivity contribution in [1.82, 2.24) is 19.9 Å². The van der Waals surface area contributed by atoms with Gasteiger partial charge in [-0.15, -0.1) is 5.10 Å². The first-order valence-corrected chi connectivity index (χ1v) is 8.22. The fourth-order valence-corrected chi connectivity index (χ4v) is 3.36. The van der Waals surface area contributed by atoms with Crippen LogP contribution in [0, 0.1) is 0 Å². The first-order chi connectivity index (χ1) is 10.8. The van der Waals surface area contributed by atoms with Crippen LogP contribution in [0.5, 0.6) is 5.75 Å². The van der Waals surface area contributed by atoms with E-state index >= 15 is 0 Å². The number of hydrogen-bond acceptors (Lipinski definition) is 4. The third-order valence-electron chi connectivity index (χ3n) is 4.98. The normalized spacial score (nSPS) is 19.5. The lowest BCUT2D eigenvalue weighted by atomic mass is 9.93. The summed E-state index contributed by atoms with van der Waals surface area (Å²) >= 11 is 0. The second-order valence-electron chi connectivity index (χ2n) is 6.50. The Labute approximate surface area is 130 Å². The Hall–Kier alpha value is -1.88. The summed E-state index contributed by atoms with van der Waals surface area (Å²) in [6.45, 7) is 2.91. The van der Waals surface area contributed by atoms with Gasteiger partial charge in [-0.25, -0.2) is 4.68 Å². The molecule has 2 aromatic rings. The lowest BCUT2D eigenvalue weighted by Gasteiger charge is -2.24. The van der Waals surface area contributed by atoms with Crippen molar-refractivity contribution >= 4 is 0 Å². The standard InChI is InChI=1S/C17H22N4O/c22-17-5-4-13-6-8-20(9-7-14(13)10-17)11-15-12-21(19-18-15)16-2-1-3-16/h4-5,10,12,16,22H,1-3,6-9,11H2. The number of aromatic nitrogens is 3. The number of nitrogens with zero attached hydrogens (tertiary/aromatic N) is 4. The molecule has 1 aromatic carbocycles. The van der Waals surface area contributed by atoms with Gasteiger partial charge in [-0.05, 0) is 55.4 Å². The summed E-state index contributed by atoms with van der Waals surface area (Å²) < 4.78 is 2.05. The van der Waals surface area contributed by atoms with Gasteiger partial charge in [0.25, 0.3) is 0 Å². The van der Waals surface area contributed by atoms with Crippen LogP contribution in [0.3, 0.4) is 0 Å². The first kappa shape index (κ1) is 13.8. The maximum atomic E-state index is 9.63. The predicted octanol–water partition coefficient (Wildman–Crippen LogP) is 2.31. The van der Waals surface area contributed by atoms with Gasteiger partial charge in [-0.2, -0.15) is 0 Å². The molecule has 2 aliphatic rings. The van der Waals surface area contributed by atoms with Crippen LogP contribution in [-0.4, -0.2) is 38.1 Å². The highest BCUT2D eigenvalue weighted by Gasteiger charge is 2.21. The molecule has 0 spiro atoms. The van der Waals surface area contributed by atoms with Gasteiger partial charge in [0.15, 0.2) is 0 Å². The average molecular weight is 298 g/mol. The zero-order valence-electron chi connectivity index (χ0n) is 12.8. The van der Waals surface area contributed by atoms with Gasteiger partial charge in [-0.1, -0.05) is 11.3 Å². The van der Waals surface area contributed by atoms with Gasteiger partial charge >= 0.3 is 0 Å². The van der Waals surface area contributed by atoms with Crippen molar-refractivity contribution in [3.63, 3.8) is 0 Å². The van der Waals surface area contributed by atoms with Crippen molar-refractivity contribution in [3.05, 3.63) is 41.2 Å². The number of aromatic hydroxyl groups is 1. The Morgan fingerprint density at radius 2 is 1.95 bits per heavy atom. The summed E-state index contributed by atoms with van der Waals surface area (Å²) in [4.78, 5) is 2.44. The molecular weight excluding hydrogens is 276 g/mol. The number of benzene rings is 1. The first-order valence-electron chi connectivity index (χ1n) is 8.22. The van der Waals surface area contributed by atoms with Gasteiger partial charge in [0.2, 0.25) is 0 Å². The molecule has 0 atom stereocenters. The highest BCUT2D eigenvalue weighted by Crippen LogP contribution is 2.30. The molecule has 0 unspecified atom stereocenters. The summed E-state index contributed by atoms with van der Waals surface area (Å²) in [5, 5.41) is 18.3. The topological polar surface area (TPSA) is 54.2 Å². The van der Waals surface area contributed by atoms with E-state index in [1.807, 2.05) is 10.7 Å². The largest absolute Gasteiger partial charge is 0.508 e. The minimum Gasteiger partial charge on any atom is -0.508 e. The monoisotopic (exact) mass is 298 g/mol. The predicted molar refractivity (Wildman–Crippen MR) is 83.7 cm³/mol. The summed E-state index contributed by atoms with van der Waals surface area (Å²) in [5.41, 5.74) is 3.71. The van der Waals surface area contributed by atoms with Crippen LogP contribution in [0.2, 0.25) is 0 Å². The average Bonchev–Trinajstić information content (AvgIpc) is 2.79. The molecule has 116 valence electrons. The van der Waals surface area contributed by atoms with E-state index in [2.05, 4.69) is 27.5 Å². The van der Waals surface area contributed by atoms with E-state index in [0.29, 0.717) is 11.8 Å². The molecule has 1 aliphatic heterocycles. The lowest BCUT2D eigenvalue weighted by Crippen LogP contribution is -2.26. The van der Waals surface area contributed by atoms with Crippen molar-refractivity contribution in [3.8, 4) is 5.75 Å². The molecule has 1 aromatic heterocycles. The van der Waals surface area contributed by atoms with E-state index in [9.17, 15) is 5.11 Å². The van der Waals surface area contributed by atoms with Crippen molar-refractivity contribution in [2.24, 2.45) is 0 Å². The summed E-state index contributed by atoms with van der Waals surface area (Å²) in [7, 11) is 0. The molecule has 1 fully saturated rings. The van der Waals surface area contributed by atoms with E-state index in [-0.39, 0.29) is 0 Å². The van der Waals surface area contributed by atoms with Crippen molar-refractivity contribution < 1.29 is 5.11 Å². The van der Waals surface area contributed by atoms with Crippen molar-refractivity contribution in [2.75, 3.05) is 13.1 Å². The molecule has 4 rings (SSSR count). The van der Waals surface area contributed by atoms with Gasteiger partial charge < -0.3 is 5.11 Å². The summed E-state index contributed by atoms with van der Waals surface area (Å²) in [5.74, 6) is 0.371. The zero-order valence-corrected chi connectivity index (χ0v) is 12.8. The van der Waals surface area contributed by atoms with Gasteiger partial charge in [0, 0.05) is 19.6 Å². The van der Waals surface area contributed by atoms with Crippen LogP contribution in [0.4, 0.5) is 0 Å². The fourth-order valence-electron chi connectivity index (χ4n) is 3.36. The number of rotatable bonds is 3. The van der Waals surface area contributed by atoms with Crippen LogP contribution >= 0.6 is 0 Å². The van der Waals surface area contributed by atoms with Crippen LogP contribution in [0.25, 0.3) is 0 Å². The van der Waals surface area contributed by atoms with Crippen LogP contribution in [0.1, 0.15) is 42.1 Å². The quantitative estimate of drug-likeness (QED) is 0.945. The second kappa shape index (κ2) is 5.72. The maximum Gasteiger partial charge on any atom is 0.115 e. The number of fused-ring (bicyclic) bond motifs is 1. The molecule has 1 saturated carbocycles. The minimum absolute atomic E-state index is 0.371. The maximum absolute atomic E-state index is 9.63. The van der Waals surface area contributed by atoms with E-state index in [1.54, 1.807) is 6.07 Å². The fraction of sp³-hybridized carbons (Fsp3) is 0.529. The molecule has 1 aliphatic carbocycles. The highest BCUT2D eigenvalue weighted by atomic mass is 16.3. The van der Waals surface area contributed by atoms with E-state index in [1.165, 1.54) is 30.4 Å². The van der Waals surface area contributed by atoms with E-state index in [0.717, 1.165) is 38.2 Å². The Morgan fingerprint density at radius 3 is 2.73 bits per heavy atom. The van der Waals surface area contributed by atoms with Gasteiger partial charge in [0.1, 0.15) is 5.75 Å². The number of hydrogen-bond donors (Lipinski definition) is 1. The molecule has 0 bridgehead atoms. The van der Waals surface area contributed by atoms with Gasteiger partial charge in [-0.3, -0.25) is 4.90 Å². The molecule has 0 radical (unpaired) electrons. The summed E-state index contributed by atoms with van der Waals surface area (Å²) in [6.07, 6.45) is 7.94. The molecule has 1 N–H and O–H groups in total. The molecule has 0 amide bonds. The molecule has 5 nitrogen and oxygen atoms in total. The van der Waals surface area contributed by atoms with Crippen molar-refractivity contribution in [1.29, 1.82) is 0 Å². The van der Waals surface area contributed by atoms with Crippen molar-refractivity contribution in [2.45, 2.75) is 44.7 Å². The lowest BCUT2D eigenvalue weighted by molar-refractivity contribution is 0.275. The third kappa shape index (κ3) is 2.73. The Kier molecular flexibility index (Phi) is 3.58. The van der Waals surface area contributed by atoms with Gasteiger partial charge in [0.05, 0.1) is 17.9 Å². The molecule has 22 heavy (non-hydrogen) atoms. The molecular formula is C17H22N4O. The highest BCUT2D eigenvalue weighted by molar-refractivity contribution is 5.36. The Bertz CT molecular complexity index is 662. The smallest absolute Gasteiger partial charge is 0.115 e. The molecule has 2 heterocycles. The van der Waals surface area contributed by atoms with Crippen LogP contribution in [0.15, 0.2) is 24.4 Å². The second-order valence-corrected chi connectivity index (χ2v) is 6.50. The van der Waals surface area contributed by atoms with Crippen LogP contribution in [-0.2, 0) is 19.4 Å². The zero-order chi connectivity index (χ0) is 14.9. The Balaban J connectivity index is 1.41. The summed E-state index contributed by atoms with van der Waals surface area (Å²) in [6, 6.07) is 6.34. The van der Waals surface area contributed by atoms with E-state index in [4.69, 9.17) is 0 Å². The molecule has 5 heteroatoms. The third-order valence-corrected chi connectivity index (χ3v) is 4.98. The van der Waals surface area contributed by atoms with E-state index < -0.39 is 0 Å². The number of phenols is 1. The SMILES string of the molecule is Oc1ccc2c(c1)CCN(Cc1cn(C3CCC3)nn1)CC2. The number of phenolic OH excluding ortho intramolecular Hbond substituents is 1. The Morgan fingerprint density at radius 1 is 1.14 bits per heavy atom.